The van der Waals surface area contributed by atoms with Gasteiger partial charge >= 0.3 is 0 Å². The van der Waals surface area contributed by atoms with Crippen LogP contribution in [0, 0.1) is 19.7 Å². The van der Waals surface area contributed by atoms with Crippen molar-refractivity contribution in [3.63, 3.8) is 0 Å². The Morgan fingerprint density at radius 3 is 2.69 bits per heavy atom. The molecule has 0 spiro atoms. The normalized spacial score (nSPS) is 11.1. The molecule has 0 saturated carbocycles. The molecule has 0 unspecified atom stereocenters. The molecule has 3 heterocycles. The number of hydrogen-bond acceptors (Lipinski definition) is 6. The molecule has 2 aromatic carbocycles. The van der Waals surface area contributed by atoms with E-state index in [1.54, 1.807) is 19.1 Å². The van der Waals surface area contributed by atoms with Crippen molar-refractivity contribution in [3.8, 4) is 17.4 Å². The number of aromatic nitrogens is 6. The Bertz CT molecular complexity index is 1600. The number of hydrogen-bond donors (Lipinski definition) is 2. The minimum atomic E-state index is -0.438. The van der Waals surface area contributed by atoms with Gasteiger partial charge in [-0.2, -0.15) is 19.9 Å². The molecule has 11 heteroatoms. The van der Waals surface area contributed by atoms with Crippen molar-refractivity contribution in [2.75, 3.05) is 11.9 Å². The molecule has 0 aliphatic heterocycles. The molecule has 0 saturated heterocycles. The largest absolute Gasteiger partial charge is 0.484 e. The molecule has 0 aliphatic rings. The standard InChI is InChI=1S/C24H20FN7O3/c1-14-4-3-5-18(10-14)35-13-21(33)27-20-11-15(2)30-32(20)24-28-22-19(23(34)29-24)12-26-31(22)17-8-6-16(25)7-9-17/h3-12H,13H2,1-2H3,(H,27,33)(H,28,29,34). The topological polar surface area (TPSA) is 120 Å². The molecular formula is C24H20FN7O3. The number of rotatable bonds is 6. The number of amides is 1. The van der Waals surface area contributed by atoms with E-state index in [2.05, 4.69) is 25.5 Å². The number of aryl methyl sites for hydroxylation is 2. The van der Waals surface area contributed by atoms with Crippen molar-refractivity contribution in [2.45, 2.75) is 13.8 Å². The SMILES string of the molecule is Cc1cccc(OCC(=O)Nc2cc(C)nn2-c2nc3c(cnn3-c3ccc(F)cc3)c(=O)[nH]2)c1. The molecule has 0 fully saturated rings. The highest BCUT2D eigenvalue weighted by Crippen LogP contribution is 2.18. The minimum Gasteiger partial charge on any atom is -0.484 e. The van der Waals surface area contributed by atoms with Crippen LogP contribution in [-0.4, -0.2) is 42.0 Å². The molecule has 5 aromatic rings. The number of fused-ring (bicyclic) bond motifs is 1. The van der Waals surface area contributed by atoms with E-state index >= 15 is 0 Å². The van der Waals surface area contributed by atoms with Gasteiger partial charge in [0, 0.05) is 6.07 Å². The number of carbonyl (C=O) groups excluding carboxylic acids is 1. The van der Waals surface area contributed by atoms with Crippen LogP contribution in [0.4, 0.5) is 10.2 Å². The third-order valence-corrected chi connectivity index (χ3v) is 5.16. The van der Waals surface area contributed by atoms with Crippen LogP contribution >= 0.6 is 0 Å². The maximum atomic E-state index is 13.4. The lowest BCUT2D eigenvalue weighted by atomic mass is 10.2. The van der Waals surface area contributed by atoms with Gasteiger partial charge in [0.2, 0.25) is 5.95 Å². The summed E-state index contributed by atoms with van der Waals surface area (Å²) in [5.74, 6) is 0.156. The van der Waals surface area contributed by atoms with Crippen molar-refractivity contribution in [1.29, 1.82) is 0 Å². The maximum Gasteiger partial charge on any atom is 0.263 e. The lowest BCUT2D eigenvalue weighted by molar-refractivity contribution is -0.118. The maximum absolute atomic E-state index is 13.4. The van der Waals surface area contributed by atoms with Crippen molar-refractivity contribution in [2.24, 2.45) is 0 Å². The smallest absolute Gasteiger partial charge is 0.263 e. The molecule has 0 aliphatic carbocycles. The molecule has 0 bridgehead atoms. The number of nitrogens with zero attached hydrogens (tertiary/aromatic N) is 5. The highest BCUT2D eigenvalue weighted by Gasteiger charge is 2.17. The summed E-state index contributed by atoms with van der Waals surface area (Å²) in [5, 5.41) is 11.6. The molecular weight excluding hydrogens is 453 g/mol. The number of anilines is 1. The summed E-state index contributed by atoms with van der Waals surface area (Å²) >= 11 is 0. The van der Waals surface area contributed by atoms with Gasteiger partial charge in [0.15, 0.2) is 12.3 Å². The Morgan fingerprint density at radius 2 is 1.91 bits per heavy atom. The molecule has 176 valence electrons. The third kappa shape index (κ3) is 4.51. The van der Waals surface area contributed by atoms with Crippen molar-refractivity contribution >= 4 is 22.8 Å². The molecule has 0 atom stereocenters. The van der Waals surface area contributed by atoms with Gasteiger partial charge in [0.05, 0.1) is 17.6 Å². The Kier molecular flexibility index (Phi) is 5.57. The fourth-order valence-electron chi connectivity index (χ4n) is 3.56. The van der Waals surface area contributed by atoms with E-state index < -0.39 is 17.3 Å². The van der Waals surface area contributed by atoms with Crippen LogP contribution in [0.5, 0.6) is 5.75 Å². The second-order valence-electron chi connectivity index (χ2n) is 7.90. The third-order valence-electron chi connectivity index (χ3n) is 5.16. The highest BCUT2D eigenvalue weighted by atomic mass is 19.1. The monoisotopic (exact) mass is 473 g/mol. The first kappa shape index (κ1) is 22.0. The van der Waals surface area contributed by atoms with Gasteiger partial charge in [-0.1, -0.05) is 12.1 Å². The molecule has 3 aromatic heterocycles. The van der Waals surface area contributed by atoms with Gasteiger partial charge in [-0.15, -0.1) is 0 Å². The highest BCUT2D eigenvalue weighted by molar-refractivity contribution is 5.91. The van der Waals surface area contributed by atoms with Gasteiger partial charge in [0.25, 0.3) is 11.5 Å². The zero-order chi connectivity index (χ0) is 24.5. The van der Waals surface area contributed by atoms with Gasteiger partial charge in [0.1, 0.15) is 22.8 Å². The van der Waals surface area contributed by atoms with Gasteiger partial charge in [-0.25, -0.2) is 9.07 Å². The number of ether oxygens (including phenoxy) is 1. The molecule has 35 heavy (non-hydrogen) atoms. The van der Waals surface area contributed by atoms with Crippen molar-refractivity contribution in [3.05, 3.63) is 88.2 Å². The van der Waals surface area contributed by atoms with E-state index in [0.717, 1.165) is 5.56 Å². The van der Waals surface area contributed by atoms with Gasteiger partial charge in [-0.05, 0) is 55.8 Å². The number of halogens is 1. The number of nitrogens with one attached hydrogen (secondary N) is 2. The molecule has 1 amide bonds. The Morgan fingerprint density at radius 1 is 1.11 bits per heavy atom. The lowest BCUT2D eigenvalue weighted by Gasteiger charge is -2.10. The minimum absolute atomic E-state index is 0.0781. The number of benzene rings is 2. The van der Waals surface area contributed by atoms with Crippen molar-refractivity contribution in [1.82, 2.24) is 29.5 Å². The lowest BCUT2D eigenvalue weighted by Crippen LogP contribution is -2.23. The van der Waals surface area contributed by atoms with Crippen molar-refractivity contribution < 1.29 is 13.9 Å². The van der Waals surface area contributed by atoms with E-state index in [4.69, 9.17) is 4.74 Å². The van der Waals surface area contributed by atoms with E-state index in [-0.39, 0.29) is 23.6 Å². The predicted octanol–water partition coefficient (Wildman–Crippen LogP) is 3.07. The van der Waals surface area contributed by atoms with Crippen LogP contribution in [0.15, 0.2) is 65.6 Å². The molecule has 2 N–H and O–H groups in total. The zero-order valence-corrected chi connectivity index (χ0v) is 18.8. The fraction of sp³-hybridized carbons (Fsp3) is 0.125. The predicted molar refractivity (Wildman–Crippen MR) is 127 cm³/mol. The first-order chi connectivity index (χ1) is 16.9. The second kappa shape index (κ2) is 8.86. The second-order valence-corrected chi connectivity index (χ2v) is 7.90. The fourth-order valence-corrected chi connectivity index (χ4v) is 3.56. The number of aromatic amines is 1. The summed E-state index contributed by atoms with van der Waals surface area (Å²) in [6.07, 6.45) is 1.38. The average molecular weight is 473 g/mol. The summed E-state index contributed by atoms with van der Waals surface area (Å²) in [7, 11) is 0. The Hall–Kier alpha value is -4.80. The van der Waals surface area contributed by atoms with E-state index in [0.29, 0.717) is 22.9 Å². The summed E-state index contributed by atoms with van der Waals surface area (Å²) in [4.78, 5) is 32.5. The van der Waals surface area contributed by atoms with Crippen LogP contribution in [0.1, 0.15) is 11.3 Å². The quantitative estimate of drug-likeness (QED) is 0.391. The molecule has 5 rings (SSSR count). The van der Waals surface area contributed by atoms with Crippen LogP contribution in [0.25, 0.3) is 22.7 Å². The van der Waals surface area contributed by atoms with E-state index in [9.17, 15) is 14.0 Å². The van der Waals surface area contributed by atoms with E-state index in [1.165, 1.54) is 39.8 Å². The molecule has 10 nitrogen and oxygen atoms in total. The summed E-state index contributed by atoms with van der Waals surface area (Å²) < 4.78 is 21.7. The Labute approximate surface area is 198 Å². The van der Waals surface area contributed by atoms with Gasteiger partial charge in [-0.3, -0.25) is 14.6 Å². The zero-order valence-electron chi connectivity index (χ0n) is 18.8. The Balaban J connectivity index is 1.45. The number of H-pyrrole nitrogens is 1. The number of carbonyl (C=O) groups is 1. The summed E-state index contributed by atoms with van der Waals surface area (Å²) in [6, 6.07) is 14.7. The van der Waals surface area contributed by atoms with Gasteiger partial charge < -0.3 is 10.1 Å². The first-order valence-corrected chi connectivity index (χ1v) is 10.7. The van der Waals surface area contributed by atoms with Crippen LogP contribution in [0.3, 0.4) is 0 Å². The van der Waals surface area contributed by atoms with Crippen LogP contribution in [-0.2, 0) is 4.79 Å². The summed E-state index contributed by atoms with van der Waals surface area (Å²) in [6.45, 7) is 3.46. The summed E-state index contributed by atoms with van der Waals surface area (Å²) in [5.41, 5.74) is 1.95. The first-order valence-electron chi connectivity index (χ1n) is 10.7. The van der Waals surface area contributed by atoms with Crippen LogP contribution < -0.4 is 15.6 Å². The molecule has 0 radical (unpaired) electrons. The van der Waals surface area contributed by atoms with Crippen LogP contribution in [0.2, 0.25) is 0 Å². The average Bonchev–Trinajstić information content (AvgIpc) is 3.42. The van der Waals surface area contributed by atoms with E-state index in [1.807, 2.05) is 25.1 Å².